The van der Waals surface area contributed by atoms with Crippen LogP contribution >= 0.6 is 0 Å². The van der Waals surface area contributed by atoms with Crippen molar-refractivity contribution in [3.8, 4) is 0 Å². The minimum atomic E-state index is -0.449. The van der Waals surface area contributed by atoms with Gasteiger partial charge in [0.1, 0.15) is 0 Å². The number of carbonyl (C=O) groups is 3. The van der Waals surface area contributed by atoms with E-state index < -0.39 is 5.92 Å². The van der Waals surface area contributed by atoms with Crippen LogP contribution in [0.5, 0.6) is 0 Å². The van der Waals surface area contributed by atoms with Crippen molar-refractivity contribution in [3.05, 3.63) is 87.8 Å². The molecule has 3 aliphatic carbocycles. The van der Waals surface area contributed by atoms with Gasteiger partial charge in [-0.05, 0) is 30.9 Å². The first-order valence-electron chi connectivity index (χ1n) is 9.23. The van der Waals surface area contributed by atoms with Crippen molar-refractivity contribution in [3.63, 3.8) is 0 Å². The molecule has 0 saturated heterocycles. The summed E-state index contributed by atoms with van der Waals surface area (Å²) in [6, 6.07) is 11.2. The molecule has 4 nitrogen and oxygen atoms in total. The van der Waals surface area contributed by atoms with E-state index in [1.807, 2.05) is 30.3 Å². The molecule has 0 N–H and O–H groups in total. The van der Waals surface area contributed by atoms with E-state index in [0.29, 0.717) is 35.1 Å². The number of ketones is 3. The highest BCUT2D eigenvalue weighted by Crippen LogP contribution is 2.49. The van der Waals surface area contributed by atoms with E-state index in [2.05, 4.69) is 4.98 Å². The molecule has 0 spiro atoms. The lowest BCUT2D eigenvalue weighted by molar-refractivity contribution is -0.116. The third-order valence-corrected chi connectivity index (χ3v) is 5.82. The summed E-state index contributed by atoms with van der Waals surface area (Å²) < 4.78 is 0. The number of Topliss-reactive ketones (excluding diaryl/α,β-unsaturated/α-hetero) is 3. The average molecular weight is 355 g/mol. The topological polar surface area (TPSA) is 64.1 Å². The highest BCUT2D eigenvalue weighted by Gasteiger charge is 2.44. The van der Waals surface area contributed by atoms with E-state index in [1.54, 1.807) is 6.07 Å². The Morgan fingerprint density at radius 3 is 2.48 bits per heavy atom. The van der Waals surface area contributed by atoms with Gasteiger partial charge in [0.2, 0.25) is 0 Å². The normalized spacial score (nSPS) is 21.8. The highest BCUT2D eigenvalue weighted by atomic mass is 16.1. The number of carbonyl (C=O) groups excluding carboxylic acids is 3. The van der Waals surface area contributed by atoms with Gasteiger partial charge in [0.05, 0.1) is 5.56 Å². The van der Waals surface area contributed by atoms with E-state index in [4.69, 9.17) is 0 Å². The lowest BCUT2D eigenvalue weighted by Crippen LogP contribution is -2.33. The molecule has 0 fully saturated rings. The summed E-state index contributed by atoms with van der Waals surface area (Å²) in [5.74, 6) is -0.619. The molecule has 1 heterocycles. The summed E-state index contributed by atoms with van der Waals surface area (Å²) in [4.78, 5) is 43.4. The summed E-state index contributed by atoms with van der Waals surface area (Å²) in [6.45, 7) is 0. The van der Waals surface area contributed by atoms with Gasteiger partial charge in [-0.25, -0.2) is 0 Å². The predicted octanol–water partition coefficient (Wildman–Crippen LogP) is 3.99. The minimum absolute atomic E-state index is 0.109. The maximum atomic E-state index is 13.4. The first kappa shape index (κ1) is 16.1. The number of pyridine rings is 1. The van der Waals surface area contributed by atoms with Crippen molar-refractivity contribution in [1.82, 2.24) is 4.98 Å². The third-order valence-electron chi connectivity index (χ3n) is 5.82. The molecule has 1 atom stereocenters. The van der Waals surface area contributed by atoms with E-state index in [-0.39, 0.29) is 17.3 Å². The standard InChI is InChI=1S/C23H17NO3/c25-18-8-4-7-14-11-16-21(20(19(14)18)13-5-2-1-3-6-13)23(27)15-9-10-24-12-17(15)22(16)26/h1-3,5-6,9-10,12,20H,4,7-8,11H2. The van der Waals surface area contributed by atoms with Crippen LogP contribution in [0.2, 0.25) is 0 Å². The number of nitrogens with zero attached hydrogens (tertiary/aromatic N) is 1. The molecule has 2 aromatic rings. The number of fused-ring (bicyclic) bond motifs is 1. The zero-order chi connectivity index (χ0) is 18.5. The summed E-state index contributed by atoms with van der Waals surface area (Å²) in [7, 11) is 0. The second-order valence-electron chi connectivity index (χ2n) is 7.29. The van der Waals surface area contributed by atoms with Gasteiger partial charge in [0.15, 0.2) is 17.3 Å². The summed E-state index contributed by atoms with van der Waals surface area (Å²) >= 11 is 0. The van der Waals surface area contributed by atoms with Gasteiger partial charge in [0, 0.05) is 47.0 Å². The maximum Gasteiger partial charge on any atom is 0.192 e. The molecule has 0 radical (unpaired) electrons. The van der Waals surface area contributed by atoms with Crippen LogP contribution in [0.1, 0.15) is 57.9 Å². The first-order valence-corrected chi connectivity index (χ1v) is 9.23. The molecule has 1 unspecified atom stereocenters. The van der Waals surface area contributed by atoms with Crippen molar-refractivity contribution >= 4 is 17.3 Å². The smallest absolute Gasteiger partial charge is 0.192 e. The average Bonchev–Trinajstić information content (AvgIpc) is 2.71. The quantitative estimate of drug-likeness (QED) is 0.776. The van der Waals surface area contributed by atoms with Crippen molar-refractivity contribution in [2.24, 2.45) is 0 Å². The predicted molar refractivity (Wildman–Crippen MR) is 99.6 cm³/mol. The second kappa shape index (κ2) is 5.95. The highest BCUT2D eigenvalue weighted by molar-refractivity contribution is 6.28. The molecule has 1 aromatic heterocycles. The third kappa shape index (κ3) is 2.29. The lowest BCUT2D eigenvalue weighted by atomic mass is 9.65. The van der Waals surface area contributed by atoms with Gasteiger partial charge in [-0.2, -0.15) is 0 Å². The fourth-order valence-electron chi connectivity index (χ4n) is 4.64. The van der Waals surface area contributed by atoms with Gasteiger partial charge in [-0.3, -0.25) is 19.4 Å². The van der Waals surface area contributed by atoms with Crippen molar-refractivity contribution in [1.29, 1.82) is 0 Å². The van der Waals surface area contributed by atoms with Crippen LogP contribution in [-0.4, -0.2) is 22.3 Å². The second-order valence-corrected chi connectivity index (χ2v) is 7.29. The lowest BCUT2D eigenvalue weighted by Gasteiger charge is -2.36. The molecule has 4 heteroatoms. The van der Waals surface area contributed by atoms with Crippen LogP contribution in [0, 0.1) is 0 Å². The Morgan fingerprint density at radius 2 is 1.67 bits per heavy atom. The minimum Gasteiger partial charge on any atom is -0.295 e. The summed E-state index contributed by atoms with van der Waals surface area (Å²) in [5.41, 5.74) is 4.45. The van der Waals surface area contributed by atoms with Crippen LogP contribution in [-0.2, 0) is 4.79 Å². The first-order chi connectivity index (χ1) is 13.2. The van der Waals surface area contributed by atoms with E-state index in [9.17, 15) is 14.4 Å². The Kier molecular flexibility index (Phi) is 3.54. The van der Waals surface area contributed by atoms with Crippen LogP contribution in [0.3, 0.4) is 0 Å². The maximum absolute atomic E-state index is 13.4. The van der Waals surface area contributed by atoms with Gasteiger partial charge in [0.25, 0.3) is 0 Å². The fourth-order valence-corrected chi connectivity index (χ4v) is 4.64. The summed E-state index contributed by atoms with van der Waals surface area (Å²) in [6.07, 6.45) is 5.54. The largest absolute Gasteiger partial charge is 0.295 e. The molecule has 27 heavy (non-hydrogen) atoms. The molecular formula is C23H17NO3. The Morgan fingerprint density at radius 1 is 0.852 bits per heavy atom. The molecule has 1 aromatic carbocycles. The van der Waals surface area contributed by atoms with E-state index in [0.717, 1.165) is 29.6 Å². The van der Waals surface area contributed by atoms with Gasteiger partial charge in [-0.1, -0.05) is 35.9 Å². The number of rotatable bonds is 1. The molecular weight excluding hydrogens is 338 g/mol. The fraction of sp³-hybridized carbons (Fsp3) is 0.217. The molecule has 0 aliphatic heterocycles. The van der Waals surface area contributed by atoms with Crippen LogP contribution < -0.4 is 0 Å². The zero-order valence-corrected chi connectivity index (χ0v) is 14.7. The summed E-state index contributed by atoms with van der Waals surface area (Å²) in [5, 5.41) is 0. The van der Waals surface area contributed by atoms with Crippen LogP contribution in [0.15, 0.2) is 71.1 Å². The van der Waals surface area contributed by atoms with Crippen LogP contribution in [0.4, 0.5) is 0 Å². The number of hydrogen-bond donors (Lipinski definition) is 0. The molecule has 0 amide bonds. The molecule has 5 rings (SSSR count). The van der Waals surface area contributed by atoms with E-state index >= 15 is 0 Å². The Labute approximate surface area is 156 Å². The number of allylic oxidation sites excluding steroid dienone is 4. The van der Waals surface area contributed by atoms with Crippen molar-refractivity contribution in [2.45, 2.75) is 31.6 Å². The molecule has 0 saturated carbocycles. The molecule has 3 aliphatic rings. The molecule has 132 valence electrons. The Bertz CT molecular complexity index is 1080. The SMILES string of the molecule is O=C1CCCC2=C1C(c1ccccc1)C1=C(C2)C(=O)c2cnccc2C1=O. The zero-order valence-electron chi connectivity index (χ0n) is 14.7. The van der Waals surface area contributed by atoms with Crippen LogP contribution in [0.25, 0.3) is 0 Å². The van der Waals surface area contributed by atoms with Gasteiger partial charge < -0.3 is 0 Å². The van der Waals surface area contributed by atoms with E-state index in [1.165, 1.54) is 12.4 Å². The number of aromatic nitrogens is 1. The van der Waals surface area contributed by atoms with Crippen molar-refractivity contribution < 1.29 is 14.4 Å². The van der Waals surface area contributed by atoms with Crippen molar-refractivity contribution in [2.75, 3.05) is 0 Å². The number of benzene rings is 1. The van der Waals surface area contributed by atoms with Gasteiger partial charge in [-0.15, -0.1) is 0 Å². The Balaban J connectivity index is 1.77. The van der Waals surface area contributed by atoms with Gasteiger partial charge >= 0.3 is 0 Å². The number of hydrogen-bond acceptors (Lipinski definition) is 4. The molecule has 0 bridgehead atoms. The monoisotopic (exact) mass is 355 g/mol. The Hall–Kier alpha value is -3.14.